The van der Waals surface area contributed by atoms with Gasteiger partial charge in [0.1, 0.15) is 17.6 Å². The van der Waals surface area contributed by atoms with Gasteiger partial charge in [-0.2, -0.15) is 5.26 Å². The van der Waals surface area contributed by atoms with Crippen LogP contribution in [0.4, 0.5) is 5.82 Å². The molecule has 1 aliphatic rings. The van der Waals surface area contributed by atoms with E-state index >= 15 is 0 Å². The Kier molecular flexibility index (Phi) is 3.46. The highest BCUT2D eigenvalue weighted by Crippen LogP contribution is 2.29. The summed E-state index contributed by atoms with van der Waals surface area (Å²) in [5, 5.41) is 9.22. The number of methoxy groups -OCH3 is 1. The van der Waals surface area contributed by atoms with Gasteiger partial charge in [0.2, 0.25) is 0 Å². The lowest BCUT2D eigenvalue weighted by Crippen LogP contribution is -2.15. The molecule has 0 saturated carbocycles. The number of ether oxygens (including phenoxy) is 1. The third kappa shape index (κ3) is 2.54. The lowest BCUT2D eigenvalue weighted by Gasteiger charge is -2.15. The first-order valence-electron chi connectivity index (χ1n) is 6.73. The van der Waals surface area contributed by atoms with E-state index in [1.54, 1.807) is 13.3 Å². The average molecular weight is 280 g/mol. The Morgan fingerprint density at radius 1 is 1.43 bits per heavy atom. The molecule has 1 aromatic carbocycles. The van der Waals surface area contributed by atoms with E-state index in [9.17, 15) is 5.26 Å². The summed E-state index contributed by atoms with van der Waals surface area (Å²) < 4.78 is 5.25. The van der Waals surface area contributed by atoms with Crippen molar-refractivity contribution in [1.29, 1.82) is 5.26 Å². The lowest BCUT2D eigenvalue weighted by atomic mass is 10.1. The van der Waals surface area contributed by atoms with Crippen molar-refractivity contribution in [3.8, 4) is 11.8 Å². The smallest absolute Gasteiger partial charge is 0.141 e. The summed E-state index contributed by atoms with van der Waals surface area (Å²) in [6.07, 6.45) is 1.77. The van der Waals surface area contributed by atoms with Gasteiger partial charge in [-0.25, -0.2) is 4.98 Å². The molecule has 106 valence electrons. The van der Waals surface area contributed by atoms with Crippen LogP contribution in [0.15, 0.2) is 30.5 Å². The van der Waals surface area contributed by atoms with E-state index in [1.807, 2.05) is 18.2 Å². The number of rotatable bonds is 3. The van der Waals surface area contributed by atoms with Crippen molar-refractivity contribution in [1.82, 2.24) is 9.88 Å². The number of anilines is 1. The van der Waals surface area contributed by atoms with Crippen molar-refractivity contribution in [2.75, 3.05) is 12.8 Å². The predicted octanol–water partition coefficient (Wildman–Crippen LogP) is 2.06. The van der Waals surface area contributed by atoms with Crippen LogP contribution < -0.4 is 10.5 Å². The summed E-state index contributed by atoms with van der Waals surface area (Å²) in [4.78, 5) is 6.36. The van der Waals surface area contributed by atoms with Crippen LogP contribution in [-0.2, 0) is 19.6 Å². The quantitative estimate of drug-likeness (QED) is 0.931. The van der Waals surface area contributed by atoms with Gasteiger partial charge in [-0.05, 0) is 28.8 Å². The van der Waals surface area contributed by atoms with E-state index in [1.165, 1.54) is 5.56 Å². The molecule has 3 rings (SSSR count). The van der Waals surface area contributed by atoms with Crippen LogP contribution in [0, 0.1) is 11.3 Å². The van der Waals surface area contributed by atoms with Gasteiger partial charge >= 0.3 is 0 Å². The van der Waals surface area contributed by atoms with Crippen molar-refractivity contribution in [2.45, 2.75) is 19.6 Å². The summed E-state index contributed by atoms with van der Waals surface area (Å²) in [7, 11) is 1.67. The van der Waals surface area contributed by atoms with Crippen LogP contribution in [0.1, 0.15) is 22.3 Å². The third-order valence-corrected chi connectivity index (χ3v) is 3.73. The number of benzene rings is 1. The van der Waals surface area contributed by atoms with Gasteiger partial charge in [-0.3, -0.25) is 4.90 Å². The largest absolute Gasteiger partial charge is 0.497 e. The number of nitrogens with two attached hydrogens (primary N) is 1. The van der Waals surface area contributed by atoms with Crippen LogP contribution in [0.5, 0.6) is 5.75 Å². The fourth-order valence-corrected chi connectivity index (χ4v) is 2.71. The molecule has 1 aromatic heterocycles. The second-order valence-electron chi connectivity index (χ2n) is 5.13. The third-order valence-electron chi connectivity index (χ3n) is 3.73. The van der Waals surface area contributed by atoms with Crippen LogP contribution in [0.25, 0.3) is 0 Å². The van der Waals surface area contributed by atoms with Crippen molar-refractivity contribution >= 4 is 5.82 Å². The molecular formula is C16H16N4O. The number of nitriles is 1. The van der Waals surface area contributed by atoms with Crippen LogP contribution in [0.3, 0.4) is 0 Å². The maximum atomic E-state index is 9.22. The highest BCUT2D eigenvalue weighted by atomic mass is 16.5. The van der Waals surface area contributed by atoms with Gasteiger partial charge in [0, 0.05) is 25.8 Å². The van der Waals surface area contributed by atoms with Crippen molar-refractivity contribution in [3.63, 3.8) is 0 Å². The molecule has 21 heavy (non-hydrogen) atoms. The van der Waals surface area contributed by atoms with Gasteiger partial charge in [0.25, 0.3) is 0 Å². The Hall–Kier alpha value is -2.58. The molecule has 2 heterocycles. The van der Waals surface area contributed by atoms with Gasteiger partial charge in [-0.15, -0.1) is 0 Å². The standard InChI is InChI=1S/C16H16N4O/c1-21-13-4-2-3-11(5-13)8-20-9-12-7-19-16(18)14(6-17)15(12)10-20/h2-5,7H,8-10H2,1H3,(H2,18,19). The van der Waals surface area contributed by atoms with E-state index in [4.69, 9.17) is 10.5 Å². The minimum atomic E-state index is 0.319. The van der Waals surface area contributed by atoms with Gasteiger partial charge in [-0.1, -0.05) is 12.1 Å². The van der Waals surface area contributed by atoms with Crippen molar-refractivity contribution in [2.24, 2.45) is 0 Å². The van der Waals surface area contributed by atoms with Crippen molar-refractivity contribution < 1.29 is 4.74 Å². The zero-order chi connectivity index (χ0) is 14.8. The topological polar surface area (TPSA) is 75.2 Å². The molecule has 0 saturated heterocycles. The zero-order valence-electron chi connectivity index (χ0n) is 11.8. The fourth-order valence-electron chi connectivity index (χ4n) is 2.71. The zero-order valence-corrected chi connectivity index (χ0v) is 11.8. The van der Waals surface area contributed by atoms with Gasteiger partial charge in [0.15, 0.2) is 0 Å². The maximum Gasteiger partial charge on any atom is 0.141 e. The van der Waals surface area contributed by atoms with E-state index in [0.29, 0.717) is 11.4 Å². The van der Waals surface area contributed by atoms with Crippen LogP contribution in [0.2, 0.25) is 0 Å². The fraction of sp³-hybridized carbons (Fsp3) is 0.250. The number of nitrogen functional groups attached to an aromatic ring is 1. The number of fused-ring (bicyclic) bond motifs is 1. The Bertz CT molecular complexity index is 721. The Labute approximate surface area is 123 Å². The number of hydrogen-bond acceptors (Lipinski definition) is 5. The molecule has 0 atom stereocenters. The summed E-state index contributed by atoms with van der Waals surface area (Å²) in [5.74, 6) is 1.17. The minimum absolute atomic E-state index is 0.319. The molecule has 0 spiro atoms. The Morgan fingerprint density at radius 2 is 2.29 bits per heavy atom. The summed E-state index contributed by atoms with van der Waals surface area (Å²) in [5.41, 5.74) is 9.56. The Balaban J connectivity index is 1.80. The van der Waals surface area contributed by atoms with Crippen LogP contribution >= 0.6 is 0 Å². The lowest BCUT2D eigenvalue weighted by molar-refractivity contribution is 0.275. The monoisotopic (exact) mass is 280 g/mol. The molecule has 1 aliphatic heterocycles. The second-order valence-corrected chi connectivity index (χ2v) is 5.13. The molecule has 0 aliphatic carbocycles. The summed E-state index contributed by atoms with van der Waals surface area (Å²) in [6.45, 7) is 2.31. The molecule has 0 bridgehead atoms. The van der Waals surface area contributed by atoms with Gasteiger partial charge < -0.3 is 10.5 Å². The highest BCUT2D eigenvalue weighted by Gasteiger charge is 2.23. The predicted molar refractivity (Wildman–Crippen MR) is 79.3 cm³/mol. The van der Waals surface area contributed by atoms with Crippen LogP contribution in [-0.4, -0.2) is 17.0 Å². The van der Waals surface area contributed by atoms with E-state index in [2.05, 4.69) is 22.0 Å². The SMILES string of the molecule is COc1cccc(CN2Cc3cnc(N)c(C#N)c3C2)c1. The number of hydrogen-bond donors (Lipinski definition) is 1. The molecule has 0 radical (unpaired) electrons. The minimum Gasteiger partial charge on any atom is -0.497 e. The van der Waals surface area contributed by atoms with E-state index in [0.717, 1.165) is 36.5 Å². The first-order chi connectivity index (χ1) is 10.2. The molecule has 2 N–H and O–H groups in total. The van der Waals surface area contributed by atoms with Gasteiger partial charge in [0.05, 0.1) is 12.7 Å². The summed E-state index contributed by atoms with van der Waals surface area (Å²) in [6, 6.07) is 10.2. The first kappa shape index (κ1) is 13.4. The normalized spacial score (nSPS) is 13.7. The number of nitrogens with zero attached hydrogens (tertiary/aromatic N) is 3. The van der Waals surface area contributed by atoms with E-state index < -0.39 is 0 Å². The highest BCUT2D eigenvalue weighted by molar-refractivity contribution is 5.56. The molecule has 0 unspecified atom stereocenters. The molecule has 5 heteroatoms. The van der Waals surface area contributed by atoms with E-state index in [-0.39, 0.29) is 0 Å². The average Bonchev–Trinajstić information content (AvgIpc) is 2.90. The summed E-state index contributed by atoms with van der Waals surface area (Å²) >= 11 is 0. The molecule has 2 aromatic rings. The maximum absolute atomic E-state index is 9.22. The van der Waals surface area contributed by atoms with Crippen molar-refractivity contribution in [3.05, 3.63) is 52.7 Å². The molecular weight excluding hydrogens is 264 g/mol. The first-order valence-corrected chi connectivity index (χ1v) is 6.73. The molecule has 0 fully saturated rings. The number of pyridine rings is 1. The molecule has 0 amide bonds. The number of aromatic nitrogens is 1. The molecule has 5 nitrogen and oxygen atoms in total. The Morgan fingerprint density at radius 3 is 3.05 bits per heavy atom. The second kappa shape index (κ2) is 5.43.